The summed E-state index contributed by atoms with van der Waals surface area (Å²) in [6.07, 6.45) is 2.72. The molecule has 4 heterocycles. The Labute approximate surface area is 286 Å². The third-order valence-corrected chi connectivity index (χ3v) is 8.86. The Balaban J connectivity index is 0.000000157. The number of amides is 2. The normalized spacial score (nSPS) is 16.4. The summed E-state index contributed by atoms with van der Waals surface area (Å²) in [4.78, 5) is 39.3. The highest BCUT2D eigenvalue weighted by Gasteiger charge is 2.33. The van der Waals surface area contributed by atoms with Gasteiger partial charge in [-0.15, -0.1) is 0 Å². The van der Waals surface area contributed by atoms with Gasteiger partial charge in [-0.1, -0.05) is 36.4 Å². The van der Waals surface area contributed by atoms with Crippen LogP contribution in [-0.4, -0.2) is 51.2 Å². The number of hydrogen-bond acceptors (Lipinski definition) is 9. The molecule has 6 N–H and O–H groups in total. The number of aromatic amines is 2. The summed E-state index contributed by atoms with van der Waals surface area (Å²) in [5.41, 5.74) is 14.5. The number of nitro benzene ring substituents is 1. The molecule has 8 rings (SSSR count). The number of nitro groups is 1. The van der Waals surface area contributed by atoms with Gasteiger partial charge in [0.25, 0.3) is 17.5 Å². The highest BCUT2D eigenvalue weighted by molar-refractivity contribution is 6.03. The standard InChI is InChI=1S/C18H15N5O3.C18H17N5O/c1-22-15-5-3-2-4-13(15)18(24)20-17(22)14-10-19-21-16(14)11-6-8-12(9-7-11)23(25)26;1-23-15-5-3-2-4-13(15)18(24)21-17(23)14-10-20-22-16(14)11-6-8-12(19)9-7-11/h2-10,17H,1H3,(H,19,21)(H,20,24);2-10,17H,19H2,1H3,(H,20,22)(H,21,24). The first-order chi connectivity index (χ1) is 24.2. The number of aromatic nitrogens is 4. The summed E-state index contributed by atoms with van der Waals surface area (Å²) in [5, 5.41) is 31.1. The minimum Gasteiger partial charge on any atom is -0.399 e. The molecule has 2 atom stereocenters. The summed E-state index contributed by atoms with van der Waals surface area (Å²) < 4.78 is 0. The Morgan fingerprint density at radius 1 is 0.660 bits per heavy atom. The number of benzene rings is 4. The molecule has 0 fully saturated rings. The van der Waals surface area contributed by atoms with Crippen molar-refractivity contribution in [2.24, 2.45) is 0 Å². The summed E-state index contributed by atoms with van der Waals surface area (Å²) >= 11 is 0. The lowest BCUT2D eigenvalue weighted by atomic mass is 10.0. The average Bonchev–Trinajstić information content (AvgIpc) is 3.83. The van der Waals surface area contributed by atoms with E-state index in [4.69, 9.17) is 5.73 Å². The SMILES string of the molecule is CN1c2ccccc2C(=O)NC1c1cn[nH]c1-c1ccc(N)cc1.CN1c2ccccc2C(=O)NC1c1cn[nH]c1-c1ccc([N+](=O)[O-])cc1. The smallest absolute Gasteiger partial charge is 0.269 e. The molecular formula is C36H32N10O4. The predicted octanol–water partition coefficient (Wildman–Crippen LogP) is 5.40. The van der Waals surface area contributed by atoms with Crippen LogP contribution in [0.5, 0.6) is 0 Å². The Bertz CT molecular complexity index is 2210. The van der Waals surface area contributed by atoms with Crippen molar-refractivity contribution in [3.8, 4) is 22.5 Å². The van der Waals surface area contributed by atoms with Crippen LogP contribution in [0.15, 0.2) is 109 Å². The number of nitrogens with one attached hydrogen (secondary N) is 4. The maximum Gasteiger partial charge on any atom is 0.269 e. The van der Waals surface area contributed by atoms with E-state index in [1.54, 1.807) is 30.6 Å². The first-order valence-electron chi connectivity index (χ1n) is 15.6. The molecule has 50 heavy (non-hydrogen) atoms. The molecule has 250 valence electrons. The molecule has 14 heteroatoms. The van der Waals surface area contributed by atoms with Crippen LogP contribution < -0.4 is 26.2 Å². The molecular weight excluding hydrogens is 636 g/mol. The quantitative estimate of drug-likeness (QED) is 0.0909. The fourth-order valence-electron chi connectivity index (χ4n) is 6.26. The van der Waals surface area contributed by atoms with Gasteiger partial charge >= 0.3 is 0 Å². The fourth-order valence-corrected chi connectivity index (χ4v) is 6.26. The predicted molar refractivity (Wildman–Crippen MR) is 189 cm³/mol. The molecule has 0 spiro atoms. The molecule has 6 aromatic rings. The van der Waals surface area contributed by atoms with Crippen molar-refractivity contribution < 1.29 is 14.5 Å². The zero-order valence-electron chi connectivity index (χ0n) is 27.0. The van der Waals surface area contributed by atoms with E-state index in [2.05, 4.69) is 31.0 Å². The number of non-ortho nitro benzene ring substituents is 1. The average molecular weight is 669 g/mol. The zero-order chi connectivity index (χ0) is 34.9. The van der Waals surface area contributed by atoms with Gasteiger partial charge in [0, 0.05) is 54.2 Å². The Morgan fingerprint density at radius 2 is 1.08 bits per heavy atom. The number of hydrogen-bond donors (Lipinski definition) is 5. The van der Waals surface area contributed by atoms with E-state index >= 15 is 0 Å². The van der Waals surface area contributed by atoms with Gasteiger partial charge in [-0.05, 0) is 48.5 Å². The van der Waals surface area contributed by atoms with Gasteiger partial charge in [0.2, 0.25) is 0 Å². The van der Waals surface area contributed by atoms with E-state index in [-0.39, 0.29) is 23.7 Å². The van der Waals surface area contributed by atoms with Gasteiger partial charge in [-0.2, -0.15) is 10.2 Å². The van der Waals surface area contributed by atoms with E-state index in [0.29, 0.717) is 22.5 Å². The van der Waals surface area contributed by atoms with Crippen LogP contribution >= 0.6 is 0 Å². The number of anilines is 3. The van der Waals surface area contributed by atoms with Crippen LogP contribution in [0.1, 0.15) is 44.2 Å². The van der Waals surface area contributed by atoms with Gasteiger partial charge in [0.05, 0.1) is 51.2 Å². The molecule has 0 saturated heterocycles. The Morgan fingerprint density at radius 3 is 1.52 bits per heavy atom. The van der Waals surface area contributed by atoms with Crippen LogP contribution in [0.4, 0.5) is 22.7 Å². The molecule has 0 saturated carbocycles. The minimum atomic E-state index is -0.441. The van der Waals surface area contributed by atoms with Crippen molar-refractivity contribution in [1.82, 2.24) is 31.0 Å². The zero-order valence-corrected chi connectivity index (χ0v) is 27.0. The first kappa shape index (κ1) is 31.6. The number of fused-ring (bicyclic) bond motifs is 2. The van der Waals surface area contributed by atoms with Crippen LogP contribution in [0.25, 0.3) is 22.5 Å². The molecule has 0 aliphatic carbocycles. The maximum absolute atomic E-state index is 12.5. The third-order valence-electron chi connectivity index (χ3n) is 8.86. The topological polar surface area (TPSA) is 191 Å². The maximum atomic E-state index is 12.5. The van der Waals surface area contributed by atoms with E-state index < -0.39 is 11.1 Å². The van der Waals surface area contributed by atoms with Crippen molar-refractivity contribution >= 4 is 34.6 Å². The summed E-state index contributed by atoms with van der Waals surface area (Å²) in [7, 11) is 3.86. The summed E-state index contributed by atoms with van der Waals surface area (Å²) in [5.74, 6) is -0.238. The van der Waals surface area contributed by atoms with E-state index in [1.165, 1.54) is 12.1 Å². The largest absolute Gasteiger partial charge is 0.399 e. The molecule has 0 radical (unpaired) electrons. The van der Waals surface area contributed by atoms with Gasteiger partial charge in [-0.3, -0.25) is 29.9 Å². The second-order valence-corrected chi connectivity index (χ2v) is 11.8. The molecule has 4 aromatic carbocycles. The fraction of sp³-hybridized carbons (Fsp3) is 0.111. The molecule has 14 nitrogen and oxygen atoms in total. The molecule has 2 amide bonds. The highest BCUT2D eigenvalue weighted by Crippen LogP contribution is 2.37. The molecule has 2 aromatic heterocycles. The van der Waals surface area contributed by atoms with Crippen LogP contribution in [0.3, 0.4) is 0 Å². The summed E-state index contributed by atoms with van der Waals surface area (Å²) in [6.45, 7) is 0. The third kappa shape index (κ3) is 5.74. The van der Waals surface area contributed by atoms with Gasteiger partial charge in [-0.25, -0.2) is 0 Å². The number of carbonyl (C=O) groups excluding carboxylic acids is 2. The Hall–Kier alpha value is -6.96. The monoisotopic (exact) mass is 668 g/mol. The number of H-pyrrole nitrogens is 2. The Kier molecular flexibility index (Phi) is 8.17. The van der Waals surface area contributed by atoms with Crippen molar-refractivity contribution in [2.45, 2.75) is 12.3 Å². The molecule has 0 bridgehead atoms. The molecule has 2 aliphatic rings. The molecule has 2 unspecified atom stereocenters. The number of nitrogen functional groups attached to an aromatic ring is 1. The minimum absolute atomic E-state index is 0.0202. The second-order valence-electron chi connectivity index (χ2n) is 11.8. The number of para-hydroxylation sites is 2. The van der Waals surface area contributed by atoms with Gasteiger partial charge in [0.1, 0.15) is 12.3 Å². The van der Waals surface area contributed by atoms with Crippen molar-refractivity contribution in [3.63, 3.8) is 0 Å². The number of nitrogens with two attached hydrogens (primary N) is 1. The van der Waals surface area contributed by atoms with E-state index in [0.717, 1.165) is 39.3 Å². The van der Waals surface area contributed by atoms with Gasteiger partial charge in [0.15, 0.2) is 0 Å². The van der Waals surface area contributed by atoms with Crippen LogP contribution in [0, 0.1) is 10.1 Å². The van der Waals surface area contributed by atoms with E-state index in [1.807, 2.05) is 90.6 Å². The van der Waals surface area contributed by atoms with E-state index in [9.17, 15) is 19.7 Å². The number of nitrogens with zero attached hydrogens (tertiary/aromatic N) is 5. The lowest BCUT2D eigenvalue weighted by Crippen LogP contribution is -2.44. The highest BCUT2D eigenvalue weighted by atomic mass is 16.6. The lowest BCUT2D eigenvalue weighted by molar-refractivity contribution is -0.384. The number of rotatable bonds is 5. The number of carbonyl (C=O) groups is 2. The van der Waals surface area contributed by atoms with Crippen molar-refractivity contribution in [3.05, 3.63) is 142 Å². The first-order valence-corrected chi connectivity index (χ1v) is 15.6. The van der Waals surface area contributed by atoms with Crippen LogP contribution in [-0.2, 0) is 0 Å². The van der Waals surface area contributed by atoms with Crippen LogP contribution in [0.2, 0.25) is 0 Å². The lowest BCUT2D eigenvalue weighted by Gasteiger charge is -2.36. The second kappa shape index (κ2) is 12.9. The summed E-state index contributed by atoms with van der Waals surface area (Å²) in [6, 6.07) is 28.7. The van der Waals surface area contributed by atoms with Crippen molar-refractivity contribution in [2.75, 3.05) is 29.6 Å². The van der Waals surface area contributed by atoms with Gasteiger partial charge < -0.3 is 26.2 Å². The molecule has 2 aliphatic heterocycles. The van der Waals surface area contributed by atoms with Crippen molar-refractivity contribution in [1.29, 1.82) is 0 Å².